The molecule has 68 heavy (non-hydrogen) atoms. The average Bonchev–Trinajstić information content (AvgIpc) is 4.05. The highest BCUT2D eigenvalue weighted by molar-refractivity contribution is 6.23. The van der Waals surface area contributed by atoms with Crippen molar-refractivity contribution in [3.8, 4) is 16.8 Å². The second-order valence-corrected chi connectivity index (χ2v) is 18.4. The zero-order valence-electron chi connectivity index (χ0n) is 37.9. The Kier molecular flexibility index (Phi) is 12.1. The highest BCUT2D eigenvalue weighted by Gasteiger charge is 2.51. The summed E-state index contributed by atoms with van der Waals surface area (Å²) in [5, 5.41) is 15.5. The average molecular weight is 939 g/mol. The lowest BCUT2D eigenvalue weighted by Crippen LogP contribution is -2.54. The Morgan fingerprint density at radius 1 is 0.868 bits per heavy atom. The number of carbonyl (C=O) groups excluding carboxylic acids is 5. The number of benzene rings is 2. The van der Waals surface area contributed by atoms with Crippen molar-refractivity contribution < 1.29 is 41.5 Å². The number of alkyl halides is 3. The maximum atomic E-state index is 15.5. The van der Waals surface area contributed by atoms with Crippen LogP contribution in [0.15, 0.2) is 55.0 Å². The predicted molar refractivity (Wildman–Crippen MR) is 240 cm³/mol. The van der Waals surface area contributed by atoms with Crippen LogP contribution in [-0.2, 0) is 21.5 Å². The molecule has 3 saturated heterocycles. The van der Waals surface area contributed by atoms with Crippen molar-refractivity contribution in [3.63, 3.8) is 0 Å². The quantitative estimate of drug-likeness (QED) is 0.119. The predicted octanol–water partition coefficient (Wildman–Crippen LogP) is 5.02. The number of nitrogens with one attached hydrogen (secondary N) is 3. The summed E-state index contributed by atoms with van der Waals surface area (Å²) in [6, 6.07) is 9.39. The molecule has 356 valence electrons. The van der Waals surface area contributed by atoms with Gasteiger partial charge in [0.25, 0.3) is 17.7 Å². The number of hydrogen-bond donors (Lipinski definition) is 3. The van der Waals surface area contributed by atoms with Gasteiger partial charge in [-0.05, 0) is 99.9 Å². The molecule has 0 spiro atoms. The molecular formula is C47H50F4N12O5. The Morgan fingerprint density at radius 3 is 2.26 bits per heavy atom. The number of nitrogens with zero attached hydrogens (tertiary/aromatic N) is 9. The second-order valence-electron chi connectivity index (χ2n) is 18.4. The molecule has 7 heterocycles. The Balaban J connectivity index is 0.765. The number of fused-ring (bicyclic) bond motifs is 1. The summed E-state index contributed by atoms with van der Waals surface area (Å²) < 4.78 is 57.5. The number of halogens is 4. The first-order valence-corrected chi connectivity index (χ1v) is 22.5. The van der Waals surface area contributed by atoms with Crippen LogP contribution in [-0.4, -0.2) is 127 Å². The van der Waals surface area contributed by atoms with Gasteiger partial charge in [0.05, 0.1) is 40.8 Å². The van der Waals surface area contributed by atoms with Gasteiger partial charge in [-0.2, -0.15) is 23.4 Å². The van der Waals surface area contributed by atoms with Gasteiger partial charge in [-0.25, -0.2) is 19.0 Å². The number of carbonyl (C=O) groups is 5. The number of aromatic nitrogens is 6. The number of anilines is 2. The number of piperazine rings is 1. The molecule has 2 aromatic carbocycles. The summed E-state index contributed by atoms with van der Waals surface area (Å²) in [5.41, 5.74) is 2.87. The molecule has 3 aromatic heterocycles. The molecule has 9 rings (SSSR count). The highest BCUT2D eigenvalue weighted by atomic mass is 19.4. The van der Waals surface area contributed by atoms with Crippen LogP contribution in [0.25, 0.3) is 16.8 Å². The fourth-order valence-electron chi connectivity index (χ4n) is 9.47. The molecule has 5 aromatic rings. The standard InChI is InChI=1S/C47H50F4N12O5/c1-26-5-7-34(62-25-30(22-54-62)41(65)53-23-37-55-45(58-57-37)46(3,4)47(49,50)51)27(2)40(26)29-6-9-38(52-21-29)61-13-11-28(12-14-61)24-59-15-17-60(18-16-59)36-20-32-31(19-33(36)48)43(67)63(44(32)68)35-8-10-39(64)56-42(35)66/h5-7,9,19-22,25,28,35H,8,10-18,23-24H2,1-4H3,(H,53,65)(H,55,57,58)(H,56,64,66). The third-order valence-corrected chi connectivity index (χ3v) is 13.7. The minimum Gasteiger partial charge on any atom is -0.367 e. The van der Waals surface area contributed by atoms with Gasteiger partial charge in [-0.3, -0.25) is 44.2 Å². The zero-order chi connectivity index (χ0) is 48.2. The van der Waals surface area contributed by atoms with Gasteiger partial charge in [0.2, 0.25) is 11.8 Å². The Morgan fingerprint density at radius 2 is 1.59 bits per heavy atom. The number of piperidine rings is 2. The molecule has 5 amide bonds. The molecule has 1 unspecified atom stereocenters. The molecule has 0 aliphatic carbocycles. The van der Waals surface area contributed by atoms with Gasteiger partial charge in [0, 0.05) is 70.2 Å². The van der Waals surface area contributed by atoms with E-state index in [0.29, 0.717) is 32.1 Å². The van der Waals surface area contributed by atoms with E-state index in [9.17, 15) is 37.1 Å². The van der Waals surface area contributed by atoms with Crippen molar-refractivity contribution in [2.75, 3.05) is 55.6 Å². The molecule has 0 bridgehead atoms. The smallest absolute Gasteiger partial charge is 0.367 e. The van der Waals surface area contributed by atoms with Crippen LogP contribution in [0, 0.1) is 25.6 Å². The molecule has 3 fully saturated rings. The second kappa shape index (κ2) is 17.9. The fourth-order valence-corrected chi connectivity index (χ4v) is 9.47. The normalized spacial score (nSPS) is 18.6. The maximum absolute atomic E-state index is 15.5. The van der Waals surface area contributed by atoms with Gasteiger partial charge in [0.15, 0.2) is 5.82 Å². The number of imide groups is 2. The van der Waals surface area contributed by atoms with Gasteiger partial charge in [-0.1, -0.05) is 6.07 Å². The first kappa shape index (κ1) is 46.1. The number of amides is 5. The molecule has 1 atom stereocenters. The lowest BCUT2D eigenvalue weighted by atomic mass is 9.92. The summed E-state index contributed by atoms with van der Waals surface area (Å²) in [5.74, 6) is -2.63. The SMILES string of the molecule is Cc1ccc(-n2cc(C(=O)NCc3nc(C(C)(C)C(F)(F)F)n[nH]3)cn2)c(C)c1-c1ccc(N2CCC(CN3CCN(c4cc5c(cc4F)C(=O)N(C4CCC(=O)NC4=O)C5=O)CC3)CC2)nc1. The van der Waals surface area contributed by atoms with Crippen molar-refractivity contribution in [1.82, 2.24) is 50.4 Å². The largest absolute Gasteiger partial charge is 0.401 e. The van der Waals surface area contributed by atoms with E-state index in [1.54, 1.807) is 10.9 Å². The van der Waals surface area contributed by atoms with E-state index in [1.165, 1.54) is 12.3 Å². The van der Waals surface area contributed by atoms with Crippen molar-refractivity contribution in [2.45, 2.75) is 77.6 Å². The van der Waals surface area contributed by atoms with E-state index >= 15 is 4.39 Å². The van der Waals surface area contributed by atoms with Gasteiger partial charge >= 0.3 is 6.18 Å². The lowest BCUT2D eigenvalue weighted by molar-refractivity contribution is -0.182. The number of aryl methyl sites for hydroxylation is 1. The van der Waals surface area contributed by atoms with Gasteiger partial charge in [0.1, 0.15) is 28.9 Å². The number of aromatic amines is 1. The van der Waals surface area contributed by atoms with Crippen LogP contribution in [0.2, 0.25) is 0 Å². The Hall–Kier alpha value is -7.03. The van der Waals surface area contributed by atoms with E-state index < -0.39 is 58.8 Å². The van der Waals surface area contributed by atoms with Crippen LogP contribution in [0.5, 0.6) is 0 Å². The number of H-pyrrole nitrogens is 1. The number of pyridine rings is 1. The summed E-state index contributed by atoms with van der Waals surface area (Å²) in [4.78, 5) is 79.9. The van der Waals surface area contributed by atoms with Crippen molar-refractivity contribution in [2.24, 2.45) is 5.92 Å². The topological polar surface area (TPSA) is 195 Å². The molecule has 4 aliphatic rings. The van der Waals surface area contributed by atoms with Crippen LogP contribution in [0.4, 0.5) is 29.1 Å². The van der Waals surface area contributed by atoms with Crippen LogP contribution < -0.4 is 20.4 Å². The molecule has 0 saturated carbocycles. The molecule has 17 nitrogen and oxygen atoms in total. The van der Waals surface area contributed by atoms with E-state index in [0.717, 1.165) is 91.0 Å². The van der Waals surface area contributed by atoms with Gasteiger partial charge < -0.3 is 15.1 Å². The van der Waals surface area contributed by atoms with Crippen LogP contribution in [0.3, 0.4) is 0 Å². The molecule has 21 heteroatoms. The third-order valence-electron chi connectivity index (χ3n) is 13.7. The summed E-state index contributed by atoms with van der Waals surface area (Å²) in [7, 11) is 0. The van der Waals surface area contributed by atoms with Gasteiger partial charge in [-0.15, -0.1) is 0 Å². The van der Waals surface area contributed by atoms with Crippen LogP contribution in [0.1, 0.15) is 93.4 Å². The Bertz CT molecular complexity index is 2810. The first-order chi connectivity index (χ1) is 32.4. The van der Waals surface area contributed by atoms with Crippen molar-refractivity contribution >= 4 is 41.0 Å². The highest BCUT2D eigenvalue weighted by Crippen LogP contribution is 2.39. The zero-order valence-corrected chi connectivity index (χ0v) is 37.9. The minimum absolute atomic E-state index is 0.00262. The van der Waals surface area contributed by atoms with Crippen molar-refractivity contribution in [3.05, 3.63) is 100 Å². The summed E-state index contributed by atoms with van der Waals surface area (Å²) >= 11 is 0. The molecular weight excluding hydrogens is 889 g/mol. The first-order valence-electron chi connectivity index (χ1n) is 22.5. The van der Waals surface area contributed by atoms with E-state index in [2.05, 4.69) is 46.8 Å². The molecule has 0 radical (unpaired) electrons. The number of hydrogen-bond acceptors (Lipinski definition) is 12. The summed E-state index contributed by atoms with van der Waals surface area (Å²) in [6.07, 6.45) is 2.33. The van der Waals surface area contributed by atoms with Crippen LogP contribution >= 0.6 is 0 Å². The minimum atomic E-state index is -4.55. The number of rotatable bonds is 11. The van der Waals surface area contributed by atoms with Crippen molar-refractivity contribution in [1.29, 1.82) is 0 Å². The van der Waals surface area contributed by atoms with E-state index in [-0.39, 0.29) is 47.6 Å². The molecule has 3 N–H and O–H groups in total. The lowest BCUT2D eigenvalue weighted by Gasteiger charge is -2.40. The monoisotopic (exact) mass is 938 g/mol. The maximum Gasteiger partial charge on any atom is 0.401 e. The Labute approximate surface area is 388 Å². The molecule has 4 aliphatic heterocycles. The third kappa shape index (κ3) is 8.69. The summed E-state index contributed by atoms with van der Waals surface area (Å²) in [6.45, 7) is 10.9. The fraction of sp³-hybridized carbons (Fsp3) is 0.426. The van der Waals surface area contributed by atoms with E-state index in [4.69, 9.17) is 4.98 Å². The van der Waals surface area contributed by atoms with E-state index in [1.807, 2.05) is 43.1 Å².